The van der Waals surface area contributed by atoms with Crippen molar-refractivity contribution >= 4 is 45.7 Å². The molecule has 0 aliphatic carbocycles. The maximum atomic E-state index is 6.30. The lowest BCUT2D eigenvalue weighted by Gasteiger charge is -2.07. The molecule has 0 saturated carbocycles. The summed E-state index contributed by atoms with van der Waals surface area (Å²) < 4.78 is 0. The van der Waals surface area contributed by atoms with Crippen LogP contribution >= 0.6 is 34.8 Å². The lowest BCUT2D eigenvalue weighted by atomic mass is 10.1. The minimum absolute atomic E-state index is 0.502. The zero-order valence-electron chi connectivity index (χ0n) is 9.70. The number of halogens is 3. The minimum Gasteiger partial charge on any atom is -0.246 e. The van der Waals surface area contributed by atoms with Crippen LogP contribution in [-0.2, 0) is 0 Å². The van der Waals surface area contributed by atoms with Crippen LogP contribution in [0, 0.1) is 0 Å². The topological polar surface area (TPSA) is 12.9 Å². The van der Waals surface area contributed by atoms with Crippen molar-refractivity contribution in [2.45, 2.75) is 0 Å². The fourth-order valence-corrected chi connectivity index (χ4v) is 2.75. The van der Waals surface area contributed by atoms with E-state index in [0.717, 1.165) is 16.6 Å². The Bertz CT molecular complexity index is 754. The van der Waals surface area contributed by atoms with Gasteiger partial charge in [-0.3, -0.25) is 0 Å². The van der Waals surface area contributed by atoms with Crippen molar-refractivity contribution < 1.29 is 0 Å². The molecule has 0 bridgehead atoms. The fourth-order valence-electron chi connectivity index (χ4n) is 1.97. The van der Waals surface area contributed by atoms with Gasteiger partial charge < -0.3 is 0 Å². The highest BCUT2D eigenvalue weighted by Gasteiger charge is 2.10. The molecule has 1 nitrogen and oxygen atoms in total. The molecule has 0 N–H and O–H groups in total. The van der Waals surface area contributed by atoms with Crippen LogP contribution in [0.3, 0.4) is 0 Å². The third-order valence-electron chi connectivity index (χ3n) is 2.85. The molecule has 3 rings (SSSR count). The summed E-state index contributed by atoms with van der Waals surface area (Å²) in [6, 6.07) is 15.1. The first-order chi connectivity index (χ1) is 9.15. The SMILES string of the molecule is Clc1cc(Cl)c2nc(-c3ccccc3)cc(Cl)c2c1. The summed E-state index contributed by atoms with van der Waals surface area (Å²) in [6.45, 7) is 0. The number of benzene rings is 2. The van der Waals surface area contributed by atoms with Gasteiger partial charge in [0.05, 0.1) is 21.3 Å². The van der Waals surface area contributed by atoms with Crippen LogP contribution in [0.4, 0.5) is 0 Å². The summed E-state index contributed by atoms with van der Waals surface area (Å²) in [4.78, 5) is 4.57. The molecule has 0 amide bonds. The van der Waals surface area contributed by atoms with Gasteiger partial charge in [-0.1, -0.05) is 65.1 Å². The van der Waals surface area contributed by atoms with Gasteiger partial charge in [0.25, 0.3) is 0 Å². The largest absolute Gasteiger partial charge is 0.246 e. The summed E-state index contributed by atoms with van der Waals surface area (Å²) >= 11 is 18.5. The van der Waals surface area contributed by atoms with Gasteiger partial charge in [-0.15, -0.1) is 0 Å². The second-order valence-corrected chi connectivity index (χ2v) is 5.39. The number of nitrogens with zero attached hydrogens (tertiary/aromatic N) is 1. The van der Waals surface area contributed by atoms with Crippen LogP contribution in [0.15, 0.2) is 48.5 Å². The average Bonchev–Trinajstić information content (AvgIpc) is 2.41. The zero-order valence-corrected chi connectivity index (χ0v) is 12.0. The van der Waals surface area contributed by atoms with Crippen LogP contribution < -0.4 is 0 Å². The van der Waals surface area contributed by atoms with E-state index >= 15 is 0 Å². The van der Waals surface area contributed by atoms with E-state index in [1.807, 2.05) is 36.4 Å². The number of rotatable bonds is 1. The second kappa shape index (κ2) is 5.01. The molecule has 1 aromatic heterocycles. The van der Waals surface area contributed by atoms with Crippen LogP contribution in [0.2, 0.25) is 15.1 Å². The van der Waals surface area contributed by atoms with Gasteiger partial charge in [0.2, 0.25) is 0 Å². The van der Waals surface area contributed by atoms with E-state index < -0.39 is 0 Å². The van der Waals surface area contributed by atoms with Gasteiger partial charge in [-0.05, 0) is 18.2 Å². The molecular weight excluding hydrogens is 301 g/mol. The summed E-state index contributed by atoms with van der Waals surface area (Å²) in [6.07, 6.45) is 0. The van der Waals surface area contributed by atoms with Gasteiger partial charge in [-0.2, -0.15) is 0 Å². The molecule has 0 atom stereocenters. The monoisotopic (exact) mass is 307 g/mol. The Morgan fingerprint density at radius 2 is 1.53 bits per heavy atom. The zero-order chi connectivity index (χ0) is 13.4. The number of pyridine rings is 1. The van der Waals surface area contributed by atoms with Crippen molar-refractivity contribution in [3.05, 3.63) is 63.6 Å². The molecule has 3 aromatic rings. The third kappa shape index (κ3) is 2.42. The highest BCUT2D eigenvalue weighted by Crippen LogP contribution is 2.33. The summed E-state index contributed by atoms with van der Waals surface area (Å²) in [5, 5.41) is 2.41. The Morgan fingerprint density at radius 3 is 2.26 bits per heavy atom. The maximum absolute atomic E-state index is 6.30. The molecule has 4 heteroatoms. The van der Waals surface area contributed by atoms with Gasteiger partial charge in [0.1, 0.15) is 0 Å². The van der Waals surface area contributed by atoms with Crippen LogP contribution in [0.5, 0.6) is 0 Å². The highest BCUT2D eigenvalue weighted by atomic mass is 35.5. The molecule has 0 unspecified atom stereocenters. The predicted molar refractivity (Wildman–Crippen MR) is 82.2 cm³/mol. The van der Waals surface area contributed by atoms with Gasteiger partial charge >= 0.3 is 0 Å². The summed E-state index contributed by atoms with van der Waals surface area (Å²) in [5.41, 5.74) is 2.46. The summed E-state index contributed by atoms with van der Waals surface area (Å²) in [5.74, 6) is 0. The Balaban J connectivity index is 2.31. The molecule has 0 radical (unpaired) electrons. The molecule has 19 heavy (non-hydrogen) atoms. The molecule has 94 valence electrons. The van der Waals surface area contributed by atoms with Gasteiger partial charge in [0, 0.05) is 16.0 Å². The van der Waals surface area contributed by atoms with E-state index in [4.69, 9.17) is 34.8 Å². The molecule has 0 fully saturated rings. The van der Waals surface area contributed by atoms with E-state index in [-0.39, 0.29) is 0 Å². The molecule has 1 heterocycles. The van der Waals surface area contributed by atoms with Crippen molar-refractivity contribution in [1.82, 2.24) is 4.98 Å². The fraction of sp³-hybridized carbons (Fsp3) is 0. The van der Waals surface area contributed by atoms with Crippen LogP contribution in [0.1, 0.15) is 0 Å². The average molecular weight is 309 g/mol. The first-order valence-electron chi connectivity index (χ1n) is 5.66. The molecule has 0 aliphatic rings. The molecule has 0 aliphatic heterocycles. The molecule has 0 saturated heterocycles. The number of fused-ring (bicyclic) bond motifs is 1. The Labute approximate surface area is 125 Å². The first kappa shape index (κ1) is 12.7. The second-order valence-electron chi connectivity index (χ2n) is 4.14. The van der Waals surface area contributed by atoms with E-state index in [1.165, 1.54) is 0 Å². The Morgan fingerprint density at radius 1 is 0.789 bits per heavy atom. The third-order valence-corrected chi connectivity index (χ3v) is 3.67. The van der Waals surface area contributed by atoms with Crippen LogP contribution in [0.25, 0.3) is 22.2 Å². The van der Waals surface area contributed by atoms with Gasteiger partial charge in [-0.25, -0.2) is 4.98 Å². The quantitative estimate of drug-likeness (QED) is 0.548. The molecule has 0 spiro atoms. The van der Waals surface area contributed by atoms with Crippen molar-refractivity contribution in [2.24, 2.45) is 0 Å². The summed E-state index contributed by atoms with van der Waals surface area (Å²) in [7, 11) is 0. The lowest BCUT2D eigenvalue weighted by molar-refractivity contribution is 1.40. The highest BCUT2D eigenvalue weighted by molar-refractivity contribution is 6.41. The van der Waals surface area contributed by atoms with Crippen molar-refractivity contribution in [1.29, 1.82) is 0 Å². The van der Waals surface area contributed by atoms with Crippen LogP contribution in [-0.4, -0.2) is 4.98 Å². The Kier molecular flexibility index (Phi) is 3.36. The maximum Gasteiger partial charge on any atom is 0.0911 e. The Hall–Kier alpha value is -1.28. The first-order valence-corrected chi connectivity index (χ1v) is 6.79. The number of hydrogen-bond acceptors (Lipinski definition) is 1. The number of aromatic nitrogens is 1. The smallest absolute Gasteiger partial charge is 0.0911 e. The lowest BCUT2D eigenvalue weighted by Crippen LogP contribution is -1.88. The van der Waals surface area contributed by atoms with E-state index in [0.29, 0.717) is 20.6 Å². The van der Waals surface area contributed by atoms with Crippen molar-refractivity contribution in [3.63, 3.8) is 0 Å². The van der Waals surface area contributed by atoms with Gasteiger partial charge in [0.15, 0.2) is 0 Å². The van der Waals surface area contributed by atoms with E-state index in [2.05, 4.69) is 4.98 Å². The van der Waals surface area contributed by atoms with Crippen molar-refractivity contribution in [3.8, 4) is 11.3 Å². The number of hydrogen-bond donors (Lipinski definition) is 0. The predicted octanol–water partition coefficient (Wildman–Crippen LogP) is 5.86. The standard InChI is InChI=1S/C15H8Cl3N/c16-10-6-11-12(17)8-14(9-4-2-1-3-5-9)19-15(11)13(18)7-10/h1-8H. The molecule has 2 aromatic carbocycles. The molecular formula is C15H8Cl3N. The normalized spacial score (nSPS) is 10.9. The minimum atomic E-state index is 0.502. The van der Waals surface area contributed by atoms with Crippen molar-refractivity contribution in [2.75, 3.05) is 0 Å². The van der Waals surface area contributed by atoms with E-state index in [9.17, 15) is 0 Å². The van der Waals surface area contributed by atoms with E-state index in [1.54, 1.807) is 12.1 Å².